The Morgan fingerprint density at radius 3 is 2.34 bits per heavy atom. The van der Waals surface area contributed by atoms with Gasteiger partial charge in [-0.05, 0) is 54.3 Å². The second kappa shape index (κ2) is 8.24. The highest BCUT2D eigenvalue weighted by molar-refractivity contribution is 7.89. The molecule has 0 aliphatic carbocycles. The number of carbonyl (C=O) groups excluding carboxylic acids is 1. The van der Waals surface area contributed by atoms with Crippen LogP contribution in [0.15, 0.2) is 59.5 Å². The van der Waals surface area contributed by atoms with Crippen LogP contribution in [0.4, 0.5) is 5.00 Å². The van der Waals surface area contributed by atoms with Gasteiger partial charge in [-0.15, -0.1) is 15.8 Å². The van der Waals surface area contributed by atoms with Crippen molar-refractivity contribution >= 4 is 32.3 Å². The van der Waals surface area contributed by atoms with E-state index in [1.807, 2.05) is 30.3 Å². The number of hydrogen-bond donors (Lipinski definition) is 2. The van der Waals surface area contributed by atoms with Crippen molar-refractivity contribution in [3.63, 3.8) is 0 Å². The minimum atomic E-state index is -4.45. The number of thiophene rings is 1. The SMILES string of the molecule is COc1ccc(S(=O)(=O)N(O)C(=O)c2sc(N)c(C)c2Cc2ccccc2)cc1. The summed E-state index contributed by atoms with van der Waals surface area (Å²) in [6.45, 7) is 1.76. The smallest absolute Gasteiger partial charge is 0.302 e. The number of rotatable bonds is 6. The van der Waals surface area contributed by atoms with Crippen LogP contribution < -0.4 is 10.5 Å². The Balaban J connectivity index is 1.96. The fourth-order valence-corrected chi connectivity index (χ4v) is 4.86. The van der Waals surface area contributed by atoms with Gasteiger partial charge >= 0.3 is 5.91 Å². The summed E-state index contributed by atoms with van der Waals surface area (Å²) in [6.07, 6.45) is 0.387. The third-order valence-electron chi connectivity index (χ3n) is 4.49. The predicted molar refractivity (Wildman–Crippen MR) is 111 cm³/mol. The minimum absolute atomic E-state index is 0.0865. The number of nitrogens with two attached hydrogens (primary N) is 1. The summed E-state index contributed by atoms with van der Waals surface area (Å²) in [7, 11) is -3.01. The first-order valence-corrected chi connectivity index (χ1v) is 10.9. The van der Waals surface area contributed by atoms with E-state index in [9.17, 15) is 18.4 Å². The van der Waals surface area contributed by atoms with E-state index in [2.05, 4.69) is 0 Å². The van der Waals surface area contributed by atoms with Gasteiger partial charge in [0.1, 0.15) is 10.6 Å². The third kappa shape index (κ3) is 4.12. The first-order valence-electron chi connectivity index (χ1n) is 8.60. The van der Waals surface area contributed by atoms with E-state index < -0.39 is 15.9 Å². The Bertz CT molecular complexity index is 1120. The molecule has 3 N–H and O–H groups in total. The number of sulfonamides is 1. The van der Waals surface area contributed by atoms with Crippen molar-refractivity contribution in [2.45, 2.75) is 18.2 Å². The molecule has 0 saturated carbocycles. The Hall–Kier alpha value is -2.88. The monoisotopic (exact) mass is 432 g/mol. The van der Waals surface area contributed by atoms with Crippen LogP contribution in [0.5, 0.6) is 5.75 Å². The number of benzene rings is 2. The summed E-state index contributed by atoms with van der Waals surface area (Å²) >= 11 is 0.956. The van der Waals surface area contributed by atoms with E-state index in [-0.39, 0.29) is 14.2 Å². The summed E-state index contributed by atoms with van der Waals surface area (Å²) in [5.74, 6) is -0.594. The van der Waals surface area contributed by atoms with Crippen molar-refractivity contribution in [1.29, 1.82) is 0 Å². The molecule has 1 heterocycles. The number of nitrogen functional groups attached to an aromatic ring is 1. The van der Waals surface area contributed by atoms with Gasteiger partial charge in [0.25, 0.3) is 10.0 Å². The quantitative estimate of drug-likeness (QED) is 0.456. The summed E-state index contributed by atoms with van der Waals surface area (Å²) in [5.41, 5.74) is 8.21. The molecule has 9 heteroatoms. The second-order valence-corrected chi connectivity index (χ2v) is 9.11. The van der Waals surface area contributed by atoms with Crippen LogP contribution >= 0.6 is 11.3 Å². The molecule has 2 aromatic carbocycles. The molecule has 0 aliphatic rings. The van der Waals surface area contributed by atoms with Gasteiger partial charge in [-0.25, -0.2) is 0 Å². The van der Waals surface area contributed by atoms with Crippen molar-refractivity contribution < 1.29 is 23.2 Å². The molecule has 0 bridgehead atoms. The van der Waals surface area contributed by atoms with E-state index in [4.69, 9.17) is 10.5 Å². The fraction of sp³-hybridized carbons (Fsp3) is 0.150. The van der Waals surface area contributed by atoms with Crippen molar-refractivity contribution in [3.05, 3.63) is 76.2 Å². The van der Waals surface area contributed by atoms with Gasteiger partial charge in [-0.3, -0.25) is 10.0 Å². The lowest BCUT2D eigenvalue weighted by molar-refractivity contribution is 0.00827. The summed E-state index contributed by atoms with van der Waals surface area (Å²) in [4.78, 5) is 12.7. The van der Waals surface area contributed by atoms with E-state index >= 15 is 0 Å². The molecule has 0 aliphatic heterocycles. The molecule has 1 aromatic heterocycles. The highest BCUT2D eigenvalue weighted by Gasteiger charge is 2.32. The lowest BCUT2D eigenvalue weighted by Crippen LogP contribution is -2.34. The molecule has 0 saturated heterocycles. The number of carbonyl (C=O) groups is 1. The van der Waals surface area contributed by atoms with Gasteiger partial charge < -0.3 is 10.5 Å². The van der Waals surface area contributed by atoms with Gasteiger partial charge in [0.2, 0.25) is 0 Å². The number of amides is 1. The Labute approximate surface area is 173 Å². The molecule has 3 rings (SSSR count). The molecular weight excluding hydrogens is 412 g/mol. The molecule has 0 fully saturated rings. The zero-order valence-electron chi connectivity index (χ0n) is 15.8. The van der Waals surface area contributed by atoms with Gasteiger partial charge in [-0.2, -0.15) is 8.42 Å². The number of anilines is 1. The zero-order chi connectivity index (χ0) is 21.2. The average Bonchev–Trinajstić information content (AvgIpc) is 3.01. The lowest BCUT2D eigenvalue weighted by Gasteiger charge is -2.16. The highest BCUT2D eigenvalue weighted by atomic mass is 32.2. The Morgan fingerprint density at radius 2 is 1.76 bits per heavy atom. The molecule has 3 aromatic rings. The van der Waals surface area contributed by atoms with E-state index in [0.717, 1.165) is 16.9 Å². The maximum atomic E-state index is 12.9. The van der Waals surface area contributed by atoms with Crippen molar-refractivity contribution in [3.8, 4) is 5.75 Å². The van der Waals surface area contributed by atoms with E-state index in [0.29, 0.717) is 28.3 Å². The number of hydrogen-bond acceptors (Lipinski definition) is 7. The van der Waals surface area contributed by atoms with Gasteiger partial charge in [0.15, 0.2) is 0 Å². The minimum Gasteiger partial charge on any atom is -0.497 e. The third-order valence-corrected chi connectivity index (χ3v) is 7.13. The van der Waals surface area contributed by atoms with Crippen LogP contribution in [0.1, 0.15) is 26.4 Å². The number of nitrogens with zero attached hydrogens (tertiary/aromatic N) is 1. The maximum absolute atomic E-state index is 12.9. The second-order valence-electron chi connectivity index (χ2n) is 6.29. The van der Waals surface area contributed by atoms with Gasteiger partial charge in [0, 0.05) is 0 Å². The number of hydroxylamine groups is 1. The molecule has 0 unspecified atom stereocenters. The summed E-state index contributed by atoms with van der Waals surface area (Å²) in [6, 6.07) is 14.8. The predicted octanol–water partition coefficient (Wildman–Crippen LogP) is 3.46. The van der Waals surface area contributed by atoms with Gasteiger partial charge in [0.05, 0.1) is 17.0 Å². The van der Waals surface area contributed by atoms with Crippen LogP contribution in [0, 0.1) is 6.92 Å². The number of methoxy groups -OCH3 is 1. The lowest BCUT2D eigenvalue weighted by atomic mass is 10.0. The Kier molecular flexibility index (Phi) is 5.92. The normalized spacial score (nSPS) is 11.3. The molecule has 7 nitrogen and oxygen atoms in total. The summed E-state index contributed by atoms with van der Waals surface area (Å²) in [5, 5.41) is 10.7. The fourth-order valence-electron chi connectivity index (χ4n) is 2.80. The largest absolute Gasteiger partial charge is 0.497 e. The first kappa shape index (κ1) is 20.8. The Morgan fingerprint density at radius 1 is 1.14 bits per heavy atom. The molecule has 152 valence electrons. The molecule has 0 spiro atoms. The van der Waals surface area contributed by atoms with Crippen LogP contribution in [0.3, 0.4) is 0 Å². The number of ether oxygens (including phenoxy) is 1. The molecular formula is C20H20N2O5S2. The van der Waals surface area contributed by atoms with E-state index in [1.165, 1.54) is 31.4 Å². The highest BCUT2D eigenvalue weighted by Crippen LogP contribution is 2.34. The van der Waals surface area contributed by atoms with E-state index in [1.54, 1.807) is 6.92 Å². The van der Waals surface area contributed by atoms with Crippen molar-refractivity contribution in [2.24, 2.45) is 0 Å². The van der Waals surface area contributed by atoms with Crippen LogP contribution in [-0.4, -0.2) is 31.1 Å². The maximum Gasteiger partial charge on any atom is 0.302 e. The molecule has 1 amide bonds. The topological polar surface area (TPSA) is 110 Å². The zero-order valence-corrected chi connectivity index (χ0v) is 17.5. The average molecular weight is 433 g/mol. The van der Waals surface area contributed by atoms with Gasteiger partial charge in [-0.1, -0.05) is 30.3 Å². The molecule has 29 heavy (non-hydrogen) atoms. The van der Waals surface area contributed by atoms with Crippen LogP contribution in [-0.2, 0) is 16.4 Å². The summed E-state index contributed by atoms with van der Waals surface area (Å²) < 4.78 is 30.2. The molecule has 0 atom stereocenters. The molecule has 0 radical (unpaired) electrons. The standard InChI is InChI=1S/C20H20N2O5S2/c1-13-17(12-14-6-4-3-5-7-14)18(28-19(13)21)20(23)22(24)29(25,26)16-10-8-15(27-2)9-11-16/h3-11,24H,12,21H2,1-2H3. The van der Waals surface area contributed by atoms with Crippen molar-refractivity contribution in [1.82, 2.24) is 4.47 Å². The van der Waals surface area contributed by atoms with Crippen LogP contribution in [0.2, 0.25) is 0 Å². The van der Waals surface area contributed by atoms with Crippen LogP contribution in [0.25, 0.3) is 0 Å². The van der Waals surface area contributed by atoms with Crippen molar-refractivity contribution in [2.75, 3.05) is 12.8 Å². The first-order chi connectivity index (χ1) is 13.8.